The van der Waals surface area contributed by atoms with Gasteiger partial charge in [0.25, 0.3) is 0 Å². The second-order valence-electron chi connectivity index (χ2n) is 8.08. The number of hydrogen-bond acceptors (Lipinski definition) is 4. The van der Waals surface area contributed by atoms with Crippen LogP contribution < -0.4 is 16.1 Å². The summed E-state index contributed by atoms with van der Waals surface area (Å²) in [6.45, 7) is 5.51. The topological polar surface area (TPSA) is 74.5 Å². The second kappa shape index (κ2) is 9.54. The van der Waals surface area contributed by atoms with Crippen molar-refractivity contribution in [1.82, 2.24) is 5.32 Å². The van der Waals surface area contributed by atoms with Crippen molar-refractivity contribution in [3.05, 3.63) is 70.9 Å². The summed E-state index contributed by atoms with van der Waals surface area (Å²) in [5.41, 5.74) is 4.07. The lowest BCUT2D eigenvalue weighted by Gasteiger charge is -2.16. The average molecular weight is 462 g/mol. The Morgan fingerprint density at radius 1 is 1.06 bits per heavy atom. The Balaban J connectivity index is 1.62. The minimum absolute atomic E-state index is 0.112. The van der Waals surface area contributed by atoms with Crippen LogP contribution in [0.25, 0.3) is 33.4 Å². The highest BCUT2D eigenvalue weighted by molar-refractivity contribution is 7.80. The van der Waals surface area contributed by atoms with Gasteiger partial charge in [0.2, 0.25) is 0 Å². The van der Waals surface area contributed by atoms with Gasteiger partial charge in [-0.2, -0.15) is 0 Å². The third-order valence-electron chi connectivity index (χ3n) is 5.25. The van der Waals surface area contributed by atoms with Crippen molar-refractivity contribution in [3.63, 3.8) is 0 Å². The van der Waals surface area contributed by atoms with Gasteiger partial charge in [-0.1, -0.05) is 31.3 Å². The standard InChI is InChI=1S/C25H25N2O3SSi/c1-32(2)13-3-12-26-25(31)27-17-6-4-16(5-7-17)24-20-10-8-18(28)14-22(20)30-23-15-19(29)9-11-21(23)24/h4-11,14-15,28H,3,12-13H2,1-2H3,(H2,26,27,31). The molecule has 32 heavy (non-hydrogen) atoms. The molecule has 3 N–H and O–H groups in total. The van der Waals surface area contributed by atoms with Gasteiger partial charge in [0.05, 0.1) is 0 Å². The molecular weight excluding hydrogens is 436 g/mol. The molecule has 1 heterocycles. The first-order chi connectivity index (χ1) is 15.4. The Morgan fingerprint density at radius 2 is 1.84 bits per heavy atom. The van der Waals surface area contributed by atoms with Crippen molar-refractivity contribution in [2.75, 3.05) is 11.9 Å². The van der Waals surface area contributed by atoms with Crippen LogP contribution in [-0.2, 0) is 0 Å². The predicted molar refractivity (Wildman–Crippen MR) is 137 cm³/mol. The van der Waals surface area contributed by atoms with E-state index in [0.717, 1.165) is 40.7 Å². The second-order valence-corrected chi connectivity index (χ2v) is 11.4. The number of benzene rings is 3. The highest BCUT2D eigenvalue weighted by Crippen LogP contribution is 2.40. The van der Waals surface area contributed by atoms with Crippen molar-refractivity contribution >= 4 is 42.8 Å². The third-order valence-corrected chi connectivity index (χ3v) is 6.85. The molecule has 4 rings (SSSR count). The first kappa shape index (κ1) is 22.0. The Kier molecular flexibility index (Phi) is 6.57. The van der Waals surface area contributed by atoms with E-state index in [2.05, 4.69) is 23.7 Å². The molecule has 1 aliphatic heterocycles. The van der Waals surface area contributed by atoms with Crippen molar-refractivity contribution < 1.29 is 9.52 Å². The minimum Gasteiger partial charge on any atom is -0.508 e. The van der Waals surface area contributed by atoms with Crippen molar-refractivity contribution in [3.8, 4) is 28.2 Å². The van der Waals surface area contributed by atoms with E-state index in [1.54, 1.807) is 18.2 Å². The monoisotopic (exact) mass is 461 g/mol. The zero-order valence-corrected chi connectivity index (χ0v) is 19.9. The maximum Gasteiger partial charge on any atom is 0.182 e. The Labute approximate surface area is 194 Å². The summed E-state index contributed by atoms with van der Waals surface area (Å²) in [7, 11) is -0.199. The number of rotatable bonds is 6. The highest BCUT2D eigenvalue weighted by atomic mass is 32.1. The molecule has 2 aliphatic rings. The largest absolute Gasteiger partial charge is 0.508 e. The molecule has 2 aromatic rings. The van der Waals surface area contributed by atoms with Gasteiger partial charge in [0.1, 0.15) is 17.1 Å². The van der Waals surface area contributed by atoms with Crippen LogP contribution in [0, 0.1) is 0 Å². The molecule has 0 saturated carbocycles. The smallest absolute Gasteiger partial charge is 0.182 e. The number of fused-ring (bicyclic) bond motifs is 2. The molecule has 2 aromatic carbocycles. The number of thiocarbonyl (C=S) groups is 1. The zero-order chi connectivity index (χ0) is 22.7. The van der Waals surface area contributed by atoms with Crippen molar-refractivity contribution in [1.29, 1.82) is 0 Å². The maximum atomic E-state index is 11.9. The summed E-state index contributed by atoms with van der Waals surface area (Å²) < 4.78 is 5.91. The van der Waals surface area contributed by atoms with E-state index in [1.807, 2.05) is 30.3 Å². The van der Waals surface area contributed by atoms with E-state index in [0.29, 0.717) is 16.5 Å². The summed E-state index contributed by atoms with van der Waals surface area (Å²) in [6, 6.07) is 19.1. The van der Waals surface area contributed by atoms with Crippen LogP contribution in [0.1, 0.15) is 6.42 Å². The van der Waals surface area contributed by atoms with Crippen LogP contribution in [0.4, 0.5) is 5.69 Å². The van der Waals surface area contributed by atoms with Crippen LogP contribution in [0.15, 0.2) is 69.9 Å². The van der Waals surface area contributed by atoms with Gasteiger partial charge < -0.3 is 20.2 Å². The van der Waals surface area contributed by atoms with Gasteiger partial charge in [0.15, 0.2) is 10.5 Å². The molecule has 0 atom stereocenters. The summed E-state index contributed by atoms with van der Waals surface area (Å²) >= 11 is 5.41. The van der Waals surface area contributed by atoms with Crippen LogP contribution in [-0.4, -0.2) is 25.6 Å². The van der Waals surface area contributed by atoms with Crippen LogP contribution in [0.5, 0.6) is 5.75 Å². The molecule has 0 fully saturated rings. The number of aromatic hydroxyl groups is 1. The van der Waals surface area contributed by atoms with E-state index in [9.17, 15) is 9.90 Å². The molecule has 1 radical (unpaired) electrons. The van der Waals surface area contributed by atoms with E-state index in [4.69, 9.17) is 16.6 Å². The summed E-state index contributed by atoms with van der Waals surface area (Å²) in [5, 5.41) is 17.9. The van der Waals surface area contributed by atoms with Gasteiger partial charge >= 0.3 is 0 Å². The third kappa shape index (κ3) is 5.00. The molecule has 7 heteroatoms. The average Bonchev–Trinajstić information content (AvgIpc) is 2.75. The SMILES string of the molecule is C[Si](C)CCCNC(=S)Nc1ccc(-c2c3ccc(=O)cc-3oc3cc(O)ccc23)cc1. The fourth-order valence-corrected chi connectivity index (χ4v) is 4.81. The van der Waals surface area contributed by atoms with Crippen LogP contribution in [0.3, 0.4) is 0 Å². The summed E-state index contributed by atoms with van der Waals surface area (Å²) in [6.07, 6.45) is 1.13. The number of phenols is 1. The van der Waals surface area contributed by atoms with Gasteiger partial charge in [-0.3, -0.25) is 4.79 Å². The molecule has 0 aromatic heterocycles. The molecule has 5 nitrogen and oxygen atoms in total. The zero-order valence-electron chi connectivity index (χ0n) is 18.1. The summed E-state index contributed by atoms with van der Waals surface area (Å²) in [4.78, 5) is 11.9. The number of hydrogen-bond donors (Lipinski definition) is 3. The lowest BCUT2D eigenvalue weighted by atomic mass is 9.93. The maximum absolute atomic E-state index is 11.9. The molecule has 0 bridgehead atoms. The van der Waals surface area contributed by atoms with Crippen LogP contribution >= 0.6 is 12.2 Å². The molecule has 1 aliphatic carbocycles. The molecule has 0 amide bonds. The Bertz CT molecular complexity index is 1280. The fraction of sp³-hybridized carbons (Fsp3) is 0.200. The van der Waals surface area contributed by atoms with E-state index in [-0.39, 0.29) is 20.0 Å². The molecule has 163 valence electrons. The predicted octanol–water partition coefficient (Wildman–Crippen LogP) is 5.70. The Morgan fingerprint density at radius 3 is 2.59 bits per heavy atom. The quantitative estimate of drug-likeness (QED) is 0.148. The number of nitrogens with one attached hydrogen (secondary N) is 2. The van der Waals surface area contributed by atoms with E-state index < -0.39 is 0 Å². The molecule has 0 unspecified atom stereocenters. The van der Waals surface area contributed by atoms with Crippen molar-refractivity contribution in [2.45, 2.75) is 25.6 Å². The van der Waals surface area contributed by atoms with E-state index >= 15 is 0 Å². The lowest BCUT2D eigenvalue weighted by molar-refractivity contribution is 0.474. The van der Waals surface area contributed by atoms with Gasteiger partial charge in [-0.15, -0.1) is 0 Å². The fourth-order valence-electron chi connectivity index (χ4n) is 3.71. The highest BCUT2D eigenvalue weighted by Gasteiger charge is 2.17. The molecular formula is C25H25N2O3SSi. The van der Waals surface area contributed by atoms with E-state index in [1.165, 1.54) is 18.2 Å². The van der Waals surface area contributed by atoms with Gasteiger partial charge in [-0.25, -0.2) is 0 Å². The Hall–Kier alpha value is -3.16. The first-order valence-corrected chi connectivity index (χ1v) is 13.7. The van der Waals surface area contributed by atoms with Crippen molar-refractivity contribution in [2.24, 2.45) is 0 Å². The number of phenolic OH excluding ortho intramolecular Hbond substituents is 1. The number of anilines is 1. The normalized spacial score (nSPS) is 11.2. The lowest BCUT2D eigenvalue weighted by Crippen LogP contribution is -2.29. The van der Waals surface area contributed by atoms with Crippen LogP contribution in [0.2, 0.25) is 19.1 Å². The first-order valence-electron chi connectivity index (χ1n) is 10.5. The van der Waals surface area contributed by atoms with Gasteiger partial charge in [-0.05, 0) is 60.6 Å². The minimum atomic E-state index is -0.199. The molecule has 0 saturated heterocycles. The van der Waals surface area contributed by atoms with Gasteiger partial charge in [0, 0.05) is 49.7 Å². The molecule has 0 spiro atoms. The summed E-state index contributed by atoms with van der Waals surface area (Å²) in [5.74, 6) is 0.599.